The number of aromatic nitrogens is 6. The molecule has 30 heavy (non-hydrogen) atoms. The van der Waals surface area contributed by atoms with Crippen LogP contribution in [0.3, 0.4) is 0 Å². The van der Waals surface area contributed by atoms with Crippen molar-refractivity contribution in [2.45, 2.75) is 19.3 Å². The van der Waals surface area contributed by atoms with Crippen LogP contribution in [0.15, 0.2) is 37.2 Å². The van der Waals surface area contributed by atoms with Crippen molar-refractivity contribution < 1.29 is 118 Å². The first-order chi connectivity index (χ1) is 12.9. The topological polar surface area (TPSA) is 206 Å². The molecule has 0 atom stereocenters. The summed E-state index contributed by atoms with van der Waals surface area (Å²) in [6.07, 6.45) is 8.76. The van der Waals surface area contributed by atoms with E-state index in [9.17, 15) is 29.7 Å². The maximum atomic E-state index is 9.90. The van der Waals surface area contributed by atoms with E-state index < -0.39 is 17.9 Å². The van der Waals surface area contributed by atoms with E-state index in [-0.39, 0.29) is 108 Å². The van der Waals surface area contributed by atoms with Gasteiger partial charge in [0.1, 0.15) is 17.5 Å². The van der Waals surface area contributed by atoms with E-state index in [0.717, 1.165) is 0 Å². The van der Waals surface area contributed by atoms with Gasteiger partial charge < -0.3 is 44.7 Å². The second-order valence-corrected chi connectivity index (χ2v) is 4.75. The van der Waals surface area contributed by atoms with E-state index in [1.807, 2.05) is 0 Å². The van der Waals surface area contributed by atoms with Gasteiger partial charge in [0.15, 0.2) is 0 Å². The van der Waals surface area contributed by atoms with Crippen LogP contribution < -0.4 is 104 Å². The third-order valence-corrected chi connectivity index (χ3v) is 2.60. The molecule has 0 unspecified atom stereocenters. The molecule has 0 saturated heterocycles. The Hall–Kier alpha value is -0.960. The molecule has 3 aromatic heterocycles. The Balaban J connectivity index is -0.000000347. The molecule has 3 heterocycles. The van der Waals surface area contributed by atoms with Crippen LogP contribution in [0, 0.1) is 0 Å². The molecule has 12 nitrogen and oxygen atoms in total. The predicted molar refractivity (Wildman–Crippen MR) is 81.9 cm³/mol. The summed E-state index contributed by atoms with van der Waals surface area (Å²) in [5.41, 5.74) is 0. The molecule has 0 radical (unpaired) electrons. The number of hydrogen-bond acceptors (Lipinski definition) is 9. The van der Waals surface area contributed by atoms with Gasteiger partial charge in [-0.1, -0.05) is 0 Å². The number of carbonyl (C=O) groups excluding carboxylic acids is 3. The van der Waals surface area contributed by atoms with Gasteiger partial charge in [-0.15, -0.1) is 0 Å². The number of carboxylic acid groups (broad SMARTS) is 3. The number of H-pyrrole nitrogens is 3. The van der Waals surface area contributed by atoms with Crippen LogP contribution in [0.1, 0.15) is 17.5 Å². The normalized spacial score (nSPS) is 8.40. The molecule has 3 aromatic rings. The van der Waals surface area contributed by atoms with Gasteiger partial charge in [0.25, 0.3) is 0 Å². The first-order valence-corrected chi connectivity index (χ1v) is 7.41. The Morgan fingerprint density at radius 3 is 0.967 bits per heavy atom. The zero-order valence-corrected chi connectivity index (χ0v) is 22.9. The van der Waals surface area contributed by atoms with E-state index in [1.165, 1.54) is 18.6 Å². The minimum absolute atomic E-state index is 0. The Morgan fingerprint density at radius 2 is 0.833 bits per heavy atom. The third kappa shape index (κ3) is 17.9. The number of aliphatic carboxylic acids is 3. The fourth-order valence-electron chi connectivity index (χ4n) is 1.59. The molecular weight excluding hydrogens is 429 g/mol. The van der Waals surface area contributed by atoms with Crippen LogP contribution in [0.25, 0.3) is 0 Å². The molecule has 0 aliphatic heterocycles. The second-order valence-electron chi connectivity index (χ2n) is 4.75. The minimum atomic E-state index is -1.12. The van der Waals surface area contributed by atoms with Gasteiger partial charge >= 0.3 is 88.7 Å². The molecule has 0 fully saturated rings. The van der Waals surface area contributed by atoms with Crippen molar-refractivity contribution in [3.8, 4) is 0 Å². The van der Waals surface area contributed by atoms with Gasteiger partial charge in [0.05, 0.1) is 0 Å². The largest absolute Gasteiger partial charge is 1.00 e. The number of imidazole rings is 3. The smallest absolute Gasteiger partial charge is 0.550 e. The Labute approximate surface area is 237 Å². The van der Waals surface area contributed by atoms with Crippen LogP contribution >= 0.6 is 0 Å². The number of rotatable bonds is 6. The van der Waals surface area contributed by atoms with Crippen LogP contribution in [0.5, 0.6) is 0 Å². The van der Waals surface area contributed by atoms with Gasteiger partial charge in [0.2, 0.25) is 0 Å². The Morgan fingerprint density at radius 1 is 0.600 bits per heavy atom. The molecule has 0 amide bonds. The summed E-state index contributed by atoms with van der Waals surface area (Å²) >= 11 is 0. The van der Waals surface area contributed by atoms with Crippen molar-refractivity contribution in [1.29, 1.82) is 0 Å². The van der Waals surface area contributed by atoms with E-state index >= 15 is 0 Å². The van der Waals surface area contributed by atoms with Crippen LogP contribution in [0.4, 0.5) is 0 Å². The van der Waals surface area contributed by atoms with Gasteiger partial charge in [-0.3, -0.25) is 0 Å². The molecule has 0 aliphatic rings. The summed E-state index contributed by atoms with van der Waals surface area (Å²) in [6.45, 7) is 0. The second kappa shape index (κ2) is 20.0. The number of nitrogens with zero attached hydrogens (tertiary/aromatic N) is 3. The Bertz CT molecular complexity index is 702. The molecule has 0 bridgehead atoms. The first-order valence-electron chi connectivity index (χ1n) is 7.41. The number of nitrogens with one attached hydrogen (secondary N) is 3. The average Bonchev–Trinajstić information content (AvgIpc) is 3.30. The maximum Gasteiger partial charge on any atom is 1.00 e. The van der Waals surface area contributed by atoms with Crippen LogP contribution in [-0.4, -0.2) is 47.8 Å². The van der Waals surface area contributed by atoms with Crippen molar-refractivity contribution in [1.82, 2.24) is 29.9 Å². The minimum Gasteiger partial charge on any atom is -0.550 e. The van der Waals surface area contributed by atoms with Crippen molar-refractivity contribution >= 4 is 17.9 Å². The molecule has 0 spiro atoms. The maximum absolute atomic E-state index is 9.90. The molecule has 15 heteroatoms. The molecule has 144 valence electrons. The van der Waals surface area contributed by atoms with Crippen molar-refractivity contribution in [3.63, 3.8) is 0 Å². The standard InChI is InChI=1S/3C5H6N2O2.3Na/c3*8-5(9)3-4-6-1-2-7-4;;;/h3*1-2H,3H2,(H,6,7)(H,8,9);;;/q;;;3*+1/p-3. The summed E-state index contributed by atoms with van der Waals surface area (Å²) in [5.74, 6) is -2.08. The monoisotopic (exact) mass is 444 g/mol. The van der Waals surface area contributed by atoms with Crippen LogP contribution in [0.2, 0.25) is 0 Å². The fraction of sp³-hybridized carbons (Fsp3) is 0.200. The van der Waals surface area contributed by atoms with Crippen molar-refractivity contribution in [2.24, 2.45) is 0 Å². The summed E-state index contributed by atoms with van der Waals surface area (Å²) in [5, 5.41) is 29.7. The zero-order valence-electron chi connectivity index (χ0n) is 16.9. The van der Waals surface area contributed by atoms with E-state index in [0.29, 0.717) is 17.5 Å². The summed E-state index contributed by atoms with van der Waals surface area (Å²) in [6, 6.07) is 0. The SMILES string of the molecule is O=C([O-])Cc1ncc[nH]1.O=C([O-])Cc1ncc[nH]1.O=C([O-])Cc1ncc[nH]1.[Na+].[Na+].[Na+]. The molecular formula is C15H15N6Na3O6. The van der Waals surface area contributed by atoms with Gasteiger partial charge in [-0.2, -0.15) is 0 Å². The number of hydrogen-bond donors (Lipinski definition) is 3. The third-order valence-electron chi connectivity index (χ3n) is 2.60. The average molecular weight is 444 g/mol. The van der Waals surface area contributed by atoms with Crippen LogP contribution in [-0.2, 0) is 33.6 Å². The number of aromatic amines is 3. The molecule has 0 aromatic carbocycles. The van der Waals surface area contributed by atoms with Gasteiger partial charge in [-0.05, 0) is 0 Å². The van der Waals surface area contributed by atoms with Gasteiger partial charge in [-0.25, -0.2) is 15.0 Å². The summed E-state index contributed by atoms with van der Waals surface area (Å²) in [4.78, 5) is 48.6. The molecule has 3 N–H and O–H groups in total. The molecule has 0 saturated carbocycles. The first kappa shape index (κ1) is 33.7. The number of carboxylic acids is 3. The van der Waals surface area contributed by atoms with Gasteiger partial charge in [0, 0.05) is 74.4 Å². The zero-order chi connectivity index (χ0) is 20.1. The van der Waals surface area contributed by atoms with E-state index in [4.69, 9.17) is 0 Å². The van der Waals surface area contributed by atoms with E-state index in [1.54, 1.807) is 18.6 Å². The molecule has 0 aliphatic carbocycles. The summed E-state index contributed by atoms with van der Waals surface area (Å²) in [7, 11) is 0. The molecule has 3 rings (SSSR count). The fourth-order valence-corrected chi connectivity index (χ4v) is 1.59. The van der Waals surface area contributed by atoms with Crippen molar-refractivity contribution in [2.75, 3.05) is 0 Å². The van der Waals surface area contributed by atoms with E-state index in [2.05, 4.69) is 29.9 Å². The predicted octanol–water partition coefficient (Wildman–Crippen LogP) is -12.9. The quantitative estimate of drug-likeness (QED) is 0.308. The summed E-state index contributed by atoms with van der Waals surface area (Å²) < 4.78 is 0. The Kier molecular flexibility index (Phi) is 22.4. The van der Waals surface area contributed by atoms with Crippen molar-refractivity contribution in [3.05, 3.63) is 54.7 Å². The number of carbonyl (C=O) groups is 3.